The van der Waals surface area contributed by atoms with Gasteiger partial charge in [-0.3, -0.25) is 0 Å². The Bertz CT molecular complexity index is 548. The number of hydrogen-bond donors (Lipinski definition) is 1. The van der Waals surface area contributed by atoms with Crippen LogP contribution in [0.2, 0.25) is 0 Å². The van der Waals surface area contributed by atoms with Crippen molar-refractivity contribution >= 4 is 0 Å². The van der Waals surface area contributed by atoms with E-state index in [9.17, 15) is 5.11 Å². The molecule has 2 saturated heterocycles. The lowest BCUT2D eigenvalue weighted by Crippen LogP contribution is -2.68. The lowest BCUT2D eigenvalue weighted by Gasteiger charge is -2.52. The van der Waals surface area contributed by atoms with Crippen LogP contribution in [0.15, 0.2) is 12.7 Å². The summed E-state index contributed by atoms with van der Waals surface area (Å²) in [6.07, 6.45) is -3.56. The molecular weight excluding hydrogens is 412 g/mol. The second kappa shape index (κ2) is 12.0. The molecule has 2 rings (SSSR count). The monoisotopic (exact) mass is 450 g/mol. The van der Waals surface area contributed by atoms with E-state index in [0.29, 0.717) is 6.42 Å². The Hall–Kier alpha value is -0.660. The number of methoxy groups -OCH3 is 6. The first-order chi connectivity index (χ1) is 14.9. The molecule has 10 heteroatoms. The summed E-state index contributed by atoms with van der Waals surface area (Å²) in [7, 11) is 9.30. The fraction of sp³-hybridized carbons (Fsp3) is 0.905. The third-order valence-electron chi connectivity index (χ3n) is 6.06. The molecule has 182 valence electrons. The first-order valence-electron chi connectivity index (χ1n) is 10.3. The Kier molecular flexibility index (Phi) is 10.3. The van der Waals surface area contributed by atoms with Crippen molar-refractivity contribution in [2.45, 2.75) is 74.3 Å². The summed E-state index contributed by atoms with van der Waals surface area (Å²) < 4.78 is 52.4. The van der Waals surface area contributed by atoms with Crippen LogP contribution in [0.4, 0.5) is 0 Å². The Balaban J connectivity index is 2.38. The van der Waals surface area contributed by atoms with E-state index < -0.39 is 60.9 Å². The van der Waals surface area contributed by atoms with Gasteiger partial charge in [-0.15, -0.1) is 6.58 Å². The molecule has 2 fully saturated rings. The number of hydrogen-bond acceptors (Lipinski definition) is 10. The van der Waals surface area contributed by atoms with Crippen molar-refractivity contribution < 1.29 is 47.7 Å². The van der Waals surface area contributed by atoms with Gasteiger partial charge in [-0.2, -0.15) is 0 Å². The molecule has 0 amide bonds. The molecule has 0 bridgehead atoms. The molecular formula is C21H38O10. The third-order valence-corrected chi connectivity index (χ3v) is 6.06. The van der Waals surface area contributed by atoms with Gasteiger partial charge in [0.2, 0.25) is 0 Å². The summed E-state index contributed by atoms with van der Waals surface area (Å²) in [4.78, 5) is 0. The van der Waals surface area contributed by atoms with Gasteiger partial charge in [0, 0.05) is 42.7 Å². The minimum absolute atomic E-state index is 0.316. The summed E-state index contributed by atoms with van der Waals surface area (Å²) in [5.74, 6) is 0. The normalized spacial score (nSPS) is 43.7. The first-order valence-corrected chi connectivity index (χ1v) is 10.3. The van der Waals surface area contributed by atoms with Gasteiger partial charge < -0.3 is 47.7 Å². The van der Waals surface area contributed by atoms with Gasteiger partial charge in [0.15, 0.2) is 12.6 Å². The first kappa shape index (κ1) is 26.6. The molecule has 2 heterocycles. The second-order valence-corrected chi connectivity index (χ2v) is 7.81. The quantitative estimate of drug-likeness (QED) is 0.448. The van der Waals surface area contributed by atoms with Crippen LogP contribution in [0.3, 0.4) is 0 Å². The lowest BCUT2D eigenvalue weighted by molar-refractivity contribution is -0.377. The van der Waals surface area contributed by atoms with Crippen LogP contribution < -0.4 is 0 Å². The average molecular weight is 451 g/mol. The Morgan fingerprint density at radius 1 is 0.806 bits per heavy atom. The molecule has 10 atom stereocenters. The molecule has 0 spiro atoms. The summed E-state index contributed by atoms with van der Waals surface area (Å²) in [5, 5.41) is 9.98. The number of rotatable bonds is 11. The van der Waals surface area contributed by atoms with Crippen LogP contribution in [0.5, 0.6) is 0 Å². The molecule has 0 radical (unpaired) electrons. The van der Waals surface area contributed by atoms with E-state index in [4.69, 9.17) is 42.6 Å². The highest BCUT2D eigenvalue weighted by Gasteiger charge is 2.56. The topological polar surface area (TPSA) is 103 Å². The van der Waals surface area contributed by atoms with Gasteiger partial charge in [0.1, 0.15) is 48.3 Å². The van der Waals surface area contributed by atoms with Crippen molar-refractivity contribution in [3.8, 4) is 0 Å². The zero-order valence-electron chi connectivity index (χ0n) is 19.5. The van der Waals surface area contributed by atoms with E-state index >= 15 is 0 Å². The Labute approximate surface area is 184 Å². The summed E-state index contributed by atoms with van der Waals surface area (Å²) in [6, 6.07) is 0. The summed E-state index contributed by atoms with van der Waals surface area (Å²) in [5.41, 5.74) is -0.792. The standard InChI is InChI=1S/C21H38O10/c1-9-10-21(2)18(27-7)15(24-4)17(26-6)20(31-21)30-13-12(11-22)29-19(28-8)16(25-5)14(13)23-3/h9,12-20,22H,1,10-11H2,2-8H3/t12-,13+,14+,15+,16-,17-,18-,19+,20-,21-/m1/s1. The van der Waals surface area contributed by atoms with E-state index in [1.807, 2.05) is 6.92 Å². The molecule has 2 aliphatic heterocycles. The molecule has 0 aromatic rings. The highest BCUT2D eigenvalue weighted by Crippen LogP contribution is 2.39. The highest BCUT2D eigenvalue weighted by atomic mass is 16.8. The Morgan fingerprint density at radius 2 is 1.39 bits per heavy atom. The summed E-state index contributed by atoms with van der Waals surface area (Å²) >= 11 is 0. The van der Waals surface area contributed by atoms with Gasteiger partial charge in [0.25, 0.3) is 0 Å². The number of ether oxygens (including phenoxy) is 9. The van der Waals surface area contributed by atoms with Crippen molar-refractivity contribution in [1.29, 1.82) is 0 Å². The van der Waals surface area contributed by atoms with Gasteiger partial charge in [-0.1, -0.05) is 6.08 Å². The average Bonchev–Trinajstić information content (AvgIpc) is 2.77. The smallest absolute Gasteiger partial charge is 0.187 e. The van der Waals surface area contributed by atoms with Crippen molar-refractivity contribution in [2.24, 2.45) is 0 Å². The van der Waals surface area contributed by atoms with Crippen LogP contribution in [-0.4, -0.2) is 115 Å². The minimum Gasteiger partial charge on any atom is -0.394 e. The van der Waals surface area contributed by atoms with Crippen LogP contribution >= 0.6 is 0 Å². The molecule has 0 aromatic carbocycles. The van der Waals surface area contributed by atoms with Gasteiger partial charge in [-0.25, -0.2) is 0 Å². The number of aliphatic hydroxyl groups is 1. The Morgan fingerprint density at radius 3 is 1.84 bits per heavy atom. The molecule has 0 unspecified atom stereocenters. The molecule has 31 heavy (non-hydrogen) atoms. The molecule has 0 saturated carbocycles. The van der Waals surface area contributed by atoms with Crippen LogP contribution in [0, 0.1) is 0 Å². The number of aliphatic hydroxyl groups excluding tert-OH is 1. The molecule has 1 N–H and O–H groups in total. The van der Waals surface area contributed by atoms with Crippen molar-refractivity contribution in [2.75, 3.05) is 49.3 Å². The fourth-order valence-corrected chi connectivity index (χ4v) is 4.57. The van der Waals surface area contributed by atoms with Crippen LogP contribution in [0.1, 0.15) is 13.3 Å². The predicted octanol–water partition coefficient (Wildman–Crippen LogP) is 0.501. The maximum Gasteiger partial charge on any atom is 0.187 e. The maximum absolute atomic E-state index is 9.98. The lowest BCUT2D eigenvalue weighted by atomic mass is 9.85. The molecule has 2 aliphatic rings. The van der Waals surface area contributed by atoms with Crippen molar-refractivity contribution in [3.63, 3.8) is 0 Å². The third kappa shape index (κ3) is 5.30. The minimum atomic E-state index is -0.872. The van der Waals surface area contributed by atoms with Crippen molar-refractivity contribution in [3.05, 3.63) is 12.7 Å². The van der Waals surface area contributed by atoms with Gasteiger partial charge in [-0.05, 0) is 13.3 Å². The highest BCUT2D eigenvalue weighted by molar-refractivity contribution is 5.03. The van der Waals surface area contributed by atoms with E-state index in [-0.39, 0.29) is 6.61 Å². The predicted molar refractivity (Wildman–Crippen MR) is 110 cm³/mol. The largest absolute Gasteiger partial charge is 0.394 e. The van der Waals surface area contributed by atoms with E-state index in [0.717, 1.165) is 0 Å². The zero-order chi connectivity index (χ0) is 23.2. The van der Waals surface area contributed by atoms with Gasteiger partial charge >= 0.3 is 0 Å². The molecule has 0 aromatic heterocycles. The van der Waals surface area contributed by atoms with E-state index in [1.54, 1.807) is 27.4 Å². The summed E-state index contributed by atoms with van der Waals surface area (Å²) in [6.45, 7) is 5.43. The molecule has 10 nitrogen and oxygen atoms in total. The second-order valence-electron chi connectivity index (χ2n) is 7.81. The van der Waals surface area contributed by atoms with Crippen LogP contribution in [0.25, 0.3) is 0 Å². The van der Waals surface area contributed by atoms with Gasteiger partial charge in [0.05, 0.1) is 6.61 Å². The van der Waals surface area contributed by atoms with Crippen molar-refractivity contribution in [1.82, 2.24) is 0 Å². The SMILES string of the molecule is C=CC[C@@]1(C)O[C@@H](O[C@@H]2[C@H](OC)[C@@H](OC)[C@@H](OC)O[C@@H]2CO)[C@H](OC)[C@H](OC)[C@H]1OC. The zero-order valence-corrected chi connectivity index (χ0v) is 19.5. The van der Waals surface area contributed by atoms with Crippen LogP contribution in [-0.2, 0) is 42.6 Å². The van der Waals surface area contributed by atoms with E-state index in [1.165, 1.54) is 21.3 Å². The molecule has 0 aliphatic carbocycles. The van der Waals surface area contributed by atoms with E-state index in [2.05, 4.69) is 6.58 Å². The fourth-order valence-electron chi connectivity index (χ4n) is 4.57. The maximum atomic E-state index is 9.98.